The maximum absolute atomic E-state index is 11.9. The second-order valence-electron chi connectivity index (χ2n) is 4.93. The lowest BCUT2D eigenvalue weighted by Gasteiger charge is -2.34. The SMILES string of the molecule is CCN1CCN(C(=O)NC(C(=O)O)C(C)C)CC1. The summed E-state index contributed by atoms with van der Waals surface area (Å²) in [6, 6.07) is -1.09. The predicted molar refractivity (Wildman–Crippen MR) is 68.5 cm³/mol. The van der Waals surface area contributed by atoms with Crippen LogP contribution in [0, 0.1) is 5.92 Å². The van der Waals surface area contributed by atoms with Crippen molar-refractivity contribution < 1.29 is 14.7 Å². The first kappa shape index (κ1) is 14.8. The van der Waals surface area contributed by atoms with E-state index >= 15 is 0 Å². The van der Waals surface area contributed by atoms with Gasteiger partial charge in [0.1, 0.15) is 6.04 Å². The summed E-state index contributed by atoms with van der Waals surface area (Å²) in [5.74, 6) is -1.10. The van der Waals surface area contributed by atoms with Crippen molar-refractivity contribution in [3.05, 3.63) is 0 Å². The van der Waals surface area contributed by atoms with Crippen LogP contribution in [0.25, 0.3) is 0 Å². The molecule has 1 aliphatic rings. The number of carbonyl (C=O) groups excluding carboxylic acids is 1. The summed E-state index contributed by atoms with van der Waals surface area (Å²) >= 11 is 0. The number of likely N-dealkylation sites (N-methyl/N-ethyl adjacent to an activating group) is 1. The number of piperazine rings is 1. The molecule has 0 aliphatic carbocycles. The third-order valence-corrected chi connectivity index (χ3v) is 3.32. The molecule has 1 aliphatic heterocycles. The normalized spacial score (nSPS) is 18.8. The van der Waals surface area contributed by atoms with Gasteiger partial charge in [-0.15, -0.1) is 0 Å². The van der Waals surface area contributed by atoms with Crippen molar-refractivity contribution in [2.24, 2.45) is 5.92 Å². The highest BCUT2D eigenvalue weighted by Crippen LogP contribution is 2.05. The first-order valence-electron chi connectivity index (χ1n) is 6.46. The van der Waals surface area contributed by atoms with E-state index in [4.69, 9.17) is 5.11 Å². The van der Waals surface area contributed by atoms with Crippen LogP contribution >= 0.6 is 0 Å². The summed E-state index contributed by atoms with van der Waals surface area (Å²) < 4.78 is 0. The molecule has 0 saturated carbocycles. The number of nitrogens with zero attached hydrogens (tertiary/aromatic N) is 2. The molecule has 2 N–H and O–H groups in total. The van der Waals surface area contributed by atoms with Crippen LogP contribution in [-0.2, 0) is 4.79 Å². The van der Waals surface area contributed by atoms with Crippen molar-refractivity contribution in [2.75, 3.05) is 32.7 Å². The molecule has 0 aromatic rings. The van der Waals surface area contributed by atoms with Crippen LogP contribution in [0.5, 0.6) is 0 Å². The number of hydrogen-bond acceptors (Lipinski definition) is 3. The Kier molecular flexibility index (Phi) is 5.40. The summed E-state index contributed by atoms with van der Waals surface area (Å²) in [6.07, 6.45) is 0. The van der Waals surface area contributed by atoms with Crippen molar-refractivity contribution in [3.63, 3.8) is 0 Å². The second-order valence-corrected chi connectivity index (χ2v) is 4.93. The summed E-state index contributed by atoms with van der Waals surface area (Å²) in [6.45, 7) is 9.66. The monoisotopic (exact) mass is 257 g/mol. The maximum Gasteiger partial charge on any atom is 0.326 e. The fraction of sp³-hybridized carbons (Fsp3) is 0.833. The summed E-state index contributed by atoms with van der Waals surface area (Å²) in [5, 5.41) is 11.6. The number of aliphatic carboxylic acids is 1. The van der Waals surface area contributed by atoms with E-state index in [2.05, 4.69) is 17.1 Å². The van der Waals surface area contributed by atoms with Crippen LogP contribution in [0.2, 0.25) is 0 Å². The van der Waals surface area contributed by atoms with Gasteiger partial charge in [-0.1, -0.05) is 20.8 Å². The molecule has 18 heavy (non-hydrogen) atoms. The number of urea groups is 1. The van der Waals surface area contributed by atoms with E-state index in [1.165, 1.54) is 0 Å². The minimum atomic E-state index is -0.981. The molecule has 0 bridgehead atoms. The van der Waals surface area contributed by atoms with Crippen molar-refractivity contribution >= 4 is 12.0 Å². The van der Waals surface area contributed by atoms with Gasteiger partial charge in [-0.25, -0.2) is 9.59 Å². The Labute approximate surface area is 108 Å². The first-order chi connectivity index (χ1) is 8.45. The minimum absolute atomic E-state index is 0.122. The van der Waals surface area contributed by atoms with Gasteiger partial charge in [-0.05, 0) is 12.5 Å². The zero-order chi connectivity index (χ0) is 13.7. The fourth-order valence-electron chi connectivity index (χ4n) is 2.01. The van der Waals surface area contributed by atoms with E-state index in [-0.39, 0.29) is 11.9 Å². The Morgan fingerprint density at radius 2 is 1.78 bits per heavy atom. The maximum atomic E-state index is 11.9. The van der Waals surface area contributed by atoms with Gasteiger partial charge in [0.25, 0.3) is 0 Å². The number of hydrogen-bond donors (Lipinski definition) is 2. The molecule has 6 nitrogen and oxygen atoms in total. The first-order valence-corrected chi connectivity index (χ1v) is 6.46. The number of nitrogens with one attached hydrogen (secondary N) is 1. The molecule has 104 valence electrons. The Hall–Kier alpha value is -1.30. The molecule has 1 atom stereocenters. The molecular weight excluding hydrogens is 234 g/mol. The second kappa shape index (κ2) is 6.58. The highest BCUT2D eigenvalue weighted by Gasteiger charge is 2.27. The van der Waals surface area contributed by atoms with Gasteiger partial charge in [0.15, 0.2) is 0 Å². The zero-order valence-corrected chi connectivity index (χ0v) is 11.3. The van der Waals surface area contributed by atoms with Gasteiger partial charge in [-0.2, -0.15) is 0 Å². The lowest BCUT2D eigenvalue weighted by atomic mass is 10.1. The average Bonchev–Trinajstić information content (AvgIpc) is 2.35. The largest absolute Gasteiger partial charge is 0.480 e. The standard InChI is InChI=1S/C12H23N3O3/c1-4-14-5-7-15(8-6-14)12(18)13-10(9(2)3)11(16)17/h9-10H,4-8H2,1-3H3,(H,13,18)(H,16,17). The van der Waals surface area contributed by atoms with Crippen LogP contribution in [0.4, 0.5) is 4.79 Å². The molecule has 6 heteroatoms. The molecule has 0 radical (unpaired) electrons. The molecule has 1 unspecified atom stereocenters. The number of carbonyl (C=O) groups is 2. The van der Waals surface area contributed by atoms with Crippen molar-refractivity contribution in [1.82, 2.24) is 15.1 Å². The third kappa shape index (κ3) is 3.87. The molecular formula is C12H23N3O3. The van der Waals surface area contributed by atoms with Crippen molar-refractivity contribution in [2.45, 2.75) is 26.8 Å². The highest BCUT2D eigenvalue weighted by molar-refractivity contribution is 5.82. The molecule has 1 rings (SSSR count). The third-order valence-electron chi connectivity index (χ3n) is 3.32. The van der Waals surface area contributed by atoms with Gasteiger partial charge in [0.05, 0.1) is 0 Å². The van der Waals surface area contributed by atoms with E-state index in [0.717, 1.165) is 19.6 Å². The van der Waals surface area contributed by atoms with E-state index in [1.54, 1.807) is 18.7 Å². The smallest absolute Gasteiger partial charge is 0.326 e. The van der Waals surface area contributed by atoms with Crippen LogP contribution in [-0.4, -0.2) is 65.7 Å². The van der Waals surface area contributed by atoms with E-state index in [1.807, 2.05) is 0 Å². The van der Waals surface area contributed by atoms with Crippen molar-refractivity contribution in [3.8, 4) is 0 Å². The van der Waals surface area contributed by atoms with Crippen LogP contribution in [0.15, 0.2) is 0 Å². The van der Waals surface area contributed by atoms with E-state index in [9.17, 15) is 9.59 Å². The summed E-state index contributed by atoms with van der Waals surface area (Å²) in [7, 11) is 0. The number of amides is 2. The average molecular weight is 257 g/mol. The minimum Gasteiger partial charge on any atom is -0.480 e. The molecule has 0 spiro atoms. The van der Waals surface area contributed by atoms with Crippen LogP contribution in [0.3, 0.4) is 0 Å². The van der Waals surface area contributed by atoms with Gasteiger partial charge >= 0.3 is 12.0 Å². The van der Waals surface area contributed by atoms with E-state index < -0.39 is 12.0 Å². The van der Waals surface area contributed by atoms with Gasteiger partial charge in [-0.3, -0.25) is 0 Å². The van der Waals surface area contributed by atoms with E-state index in [0.29, 0.717) is 13.1 Å². The highest BCUT2D eigenvalue weighted by atomic mass is 16.4. The molecule has 0 aromatic carbocycles. The number of carboxylic acids is 1. The Morgan fingerprint density at radius 1 is 1.22 bits per heavy atom. The predicted octanol–water partition coefficient (Wildman–Crippen LogP) is 0.443. The van der Waals surface area contributed by atoms with Gasteiger partial charge in [0, 0.05) is 26.2 Å². The number of carboxylic acid groups (broad SMARTS) is 1. The molecule has 1 heterocycles. The quantitative estimate of drug-likeness (QED) is 0.766. The molecule has 0 aromatic heterocycles. The lowest BCUT2D eigenvalue weighted by molar-refractivity contribution is -0.140. The summed E-state index contributed by atoms with van der Waals surface area (Å²) in [5.41, 5.74) is 0. The Bertz CT molecular complexity index is 299. The molecule has 1 fully saturated rings. The Balaban J connectivity index is 2.48. The fourth-order valence-corrected chi connectivity index (χ4v) is 2.01. The molecule has 1 saturated heterocycles. The lowest BCUT2D eigenvalue weighted by Crippen LogP contribution is -2.55. The van der Waals surface area contributed by atoms with Gasteiger partial charge in [0.2, 0.25) is 0 Å². The zero-order valence-electron chi connectivity index (χ0n) is 11.3. The topological polar surface area (TPSA) is 72.9 Å². The van der Waals surface area contributed by atoms with Crippen LogP contribution < -0.4 is 5.32 Å². The van der Waals surface area contributed by atoms with Crippen molar-refractivity contribution in [1.29, 1.82) is 0 Å². The molecule has 2 amide bonds. The van der Waals surface area contributed by atoms with Crippen LogP contribution in [0.1, 0.15) is 20.8 Å². The van der Waals surface area contributed by atoms with Gasteiger partial charge < -0.3 is 20.2 Å². The Morgan fingerprint density at radius 3 is 2.17 bits per heavy atom. The number of rotatable bonds is 4. The summed E-state index contributed by atoms with van der Waals surface area (Å²) in [4.78, 5) is 26.9.